The summed E-state index contributed by atoms with van der Waals surface area (Å²) in [4.78, 5) is 34.6. The minimum Gasteiger partial charge on any atom is -0.466 e. The fourth-order valence-electron chi connectivity index (χ4n) is 1.60. The van der Waals surface area contributed by atoms with E-state index < -0.39 is 11.9 Å². The summed E-state index contributed by atoms with van der Waals surface area (Å²) in [5.74, 6) is -1.89. The number of rotatable bonds is 7. The molecule has 1 amide bonds. The third-order valence-electron chi connectivity index (χ3n) is 2.66. The van der Waals surface area contributed by atoms with Crippen LogP contribution in [0, 0.1) is 0 Å². The molecule has 0 bridgehead atoms. The molecule has 0 unspecified atom stereocenters. The van der Waals surface area contributed by atoms with Crippen LogP contribution in [0.2, 0.25) is 5.02 Å². The van der Waals surface area contributed by atoms with E-state index >= 15 is 0 Å². The fourth-order valence-corrected chi connectivity index (χ4v) is 1.77. The third kappa shape index (κ3) is 5.90. The molecule has 2 N–H and O–H groups in total. The molecule has 0 atom stereocenters. The van der Waals surface area contributed by atoms with Crippen LogP contribution in [-0.2, 0) is 28.6 Å². The van der Waals surface area contributed by atoms with Crippen LogP contribution in [-0.4, -0.2) is 45.8 Å². The number of ether oxygens (including phenoxy) is 3. The van der Waals surface area contributed by atoms with Crippen LogP contribution in [0.3, 0.4) is 0 Å². The molecular formula is C15H17ClN2O6. The third-order valence-corrected chi connectivity index (χ3v) is 2.99. The maximum absolute atomic E-state index is 11.7. The van der Waals surface area contributed by atoms with E-state index in [4.69, 9.17) is 16.3 Å². The fraction of sp³-hybridized carbons (Fsp3) is 0.267. The lowest BCUT2D eigenvalue weighted by atomic mass is 10.2. The smallest absolute Gasteiger partial charge is 0.354 e. The Kier molecular flexibility index (Phi) is 7.73. The van der Waals surface area contributed by atoms with Crippen molar-refractivity contribution in [2.75, 3.05) is 38.6 Å². The Morgan fingerprint density at radius 3 is 2.42 bits per heavy atom. The van der Waals surface area contributed by atoms with Gasteiger partial charge in [0.05, 0.1) is 31.0 Å². The summed E-state index contributed by atoms with van der Waals surface area (Å²) in [5, 5.41) is 5.53. The van der Waals surface area contributed by atoms with Gasteiger partial charge < -0.3 is 24.8 Å². The van der Waals surface area contributed by atoms with Gasteiger partial charge in [-0.15, -0.1) is 0 Å². The highest BCUT2D eigenvalue weighted by molar-refractivity contribution is 6.33. The molecule has 1 aromatic carbocycles. The maximum Gasteiger partial charge on any atom is 0.354 e. The van der Waals surface area contributed by atoms with Gasteiger partial charge in [0.15, 0.2) is 0 Å². The van der Waals surface area contributed by atoms with Crippen molar-refractivity contribution in [3.8, 4) is 0 Å². The Hall–Kier alpha value is -2.58. The highest BCUT2D eigenvalue weighted by Crippen LogP contribution is 2.27. The number of carbonyl (C=O) groups excluding carboxylic acids is 3. The first-order chi connectivity index (χ1) is 11.4. The molecule has 9 heteroatoms. The van der Waals surface area contributed by atoms with Crippen LogP contribution in [0.5, 0.6) is 0 Å². The van der Waals surface area contributed by atoms with E-state index in [1.54, 1.807) is 6.07 Å². The molecule has 130 valence electrons. The van der Waals surface area contributed by atoms with Crippen LogP contribution >= 0.6 is 11.6 Å². The summed E-state index contributed by atoms with van der Waals surface area (Å²) in [6, 6.07) is 4.58. The molecule has 0 aliphatic carbocycles. The average Bonchev–Trinajstić information content (AvgIpc) is 2.56. The van der Waals surface area contributed by atoms with E-state index in [9.17, 15) is 14.4 Å². The molecule has 0 heterocycles. The minimum absolute atomic E-state index is 0.110. The number of hydrogen-bond donors (Lipinski definition) is 2. The number of anilines is 2. The number of carbonyl (C=O) groups is 3. The second kappa shape index (κ2) is 9.53. The van der Waals surface area contributed by atoms with Crippen molar-refractivity contribution >= 4 is 40.8 Å². The van der Waals surface area contributed by atoms with E-state index in [0.29, 0.717) is 5.69 Å². The van der Waals surface area contributed by atoms with E-state index in [2.05, 4.69) is 20.1 Å². The molecule has 0 saturated heterocycles. The maximum atomic E-state index is 11.7. The Morgan fingerprint density at radius 2 is 1.83 bits per heavy atom. The summed E-state index contributed by atoms with van der Waals surface area (Å²) in [5.41, 5.74) is 0.533. The van der Waals surface area contributed by atoms with Gasteiger partial charge in [0.1, 0.15) is 12.3 Å². The van der Waals surface area contributed by atoms with Gasteiger partial charge in [-0.25, -0.2) is 9.59 Å². The molecule has 0 aliphatic heterocycles. The highest BCUT2D eigenvalue weighted by Gasteiger charge is 2.15. The molecule has 0 saturated carbocycles. The Morgan fingerprint density at radius 1 is 1.12 bits per heavy atom. The Bertz CT molecular complexity index is 659. The first kappa shape index (κ1) is 19.5. The summed E-state index contributed by atoms with van der Waals surface area (Å²) in [6.45, 7) is -0.110. The molecule has 24 heavy (non-hydrogen) atoms. The van der Waals surface area contributed by atoms with Crippen molar-refractivity contribution in [1.82, 2.24) is 0 Å². The first-order valence-corrected chi connectivity index (χ1v) is 7.02. The number of methoxy groups -OCH3 is 3. The van der Waals surface area contributed by atoms with Gasteiger partial charge in [0.25, 0.3) is 0 Å². The lowest BCUT2D eigenvalue weighted by molar-refractivity contribution is -0.138. The molecule has 0 spiro atoms. The van der Waals surface area contributed by atoms with E-state index in [1.807, 2.05) is 0 Å². The van der Waals surface area contributed by atoms with Gasteiger partial charge in [0, 0.05) is 12.8 Å². The zero-order valence-corrected chi connectivity index (χ0v) is 14.1. The molecule has 1 rings (SSSR count). The zero-order chi connectivity index (χ0) is 18.1. The van der Waals surface area contributed by atoms with Crippen LogP contribution in [0.15, 0.2) is 30.0 Å². The Labute approximate surface area is 143 Å². The molecule has 0 aromatic heterocycles. The first-order valence-electron chi connectivity index (χ1n) is 6.64. The van der Waals surface area contributed by atoms with Gasteiger partial charge >= 0.3 is 11.9 Å². The van der Waals surface area contributed by atoms with Crippen molar-refractivity contribution in [2.24, 2.45) is 0 Å². The van der Waals surface area contributed by atoms with Gasteiger partial charge in [-0.3, -0.25) is 4.79 Å². The summed E-state index contributed by atoms with van der Waals surface area (Å²) in [6.07, 6.45) is 0.929. The molecule has 0 fully saturated rings. The van der Waals surface area contributed by atoms with E-state index in [0.717, 1.165) is 13.2 Å². The van der Waals surface area contributed by atoms with Gasteiger partial charge in [-0.1, -0.05) is 11.6 Å². The van der Waals surface area contributed by atoms with Crippen LogP contribution in [0.25, 0.3) is 0 Å². The summed E-state index contributed by atoms with van der Waals surface area (Å²) in [7, 11) is 3.74. The lowest BCUT2D eigenvalue weighted by Crippen LogP contribution is -2.18. The minimum atomic E-state index is -0.787. The van der Waals surface area contributed by atoms with E-state index in [-0.39, 0.29) is 28.9 Å². The predicted octanol–water partition coefficient (Wildman–Crippen LogP) is 1.57. The number of hydrogen-bond acceptors (Lipinski definition) is 7. The SMILES string of the molecule is COCC(=O)Nc1ccc(Cl)c(N/C(=C/C(=O)OC)C(=O)OC)c1. The molecule has 1 aromatic rings. The van der Waals surface area contributed by atoms with Crippen molar-refractivity contribution in [1.29, 1.82) is 0 Å². The molecular weight excluding hydrogens is 340 g/mol. The van der Waals surface area contributed by atoms with Crippen LogP contribution in [0.1, 0.15) is 0 Å². The summed E-state index contributed by atoms with van der Waals surface area (Å²) >= 11 is 6.06. The summed E-state index contributed by atoms with van der Waals surface area (Å²) < 4.78 is 13.8. The number of nitrogens with one attached hydrogen (secondary N) is 2. The largest absolute Gasteiger partial charge is 0.466 e. The van der Waals surface area contributed by atoms with E-state index in [1.165, 1.54) is 26.4 Å². The van der Waals surface area contributed by atoms with Gasteiger partial charge in [0.2, 0.25) is 5.91 Å². The molecule has 0 radical (unpaired) electrons. The van der Waals surface area contributed by atoms with Gasteiger partial charge in [-0.05, 0) is 18.2 Å². The molecule has 0 aliphatic rings. The predicted molar refractivity (Wildman–Crippen MR) is 87.7 cm³/mol. The second-order valence-electron chi connectivity index (χ2n) is 4.37. The van der Waals surface area contributed by atoms with Crippen molar-refractivity contribution in [3.63, 3.8) is 0 Å². The number of esters is 2. The van der Waals surface area contributed by atoms with Crippen molar-refractivity contribution < 1.29 is 28.6 Å². The standard InChI is InChI=1S/C15H17ClN2O6/c1-22-8-13(19)17-9-4-5-10(16)11(6-9)18-12(15(21)24-3)7-14(20)23-2/h4-7,18H,8H2,1-3H3,(H,17,19)/b12-7+. The quantitative estimate of drug-likeness (QED) is 0.564. The van der Waals surface area contributed by atoms with Gasteiger partial charge in [-0.2, -0.15) is 0 Å². The van der Waals surface area contributed by atoms with Crippen LogP contribution in [0.4, 0.5) is 11.4 Å². The number of amides is 1. The second-order valence-corrected chi connectivity index (χ2v) is 4.78. The average molecular weight is 357 g/mol. The topological polar surface area (TPSA) is 103 Å². The highest BCUT2D eigenvalue weighted by atomic mass is 35.5. The Balaban J connectivity index is 3.06. The van der Waals surface area contributed by atoms with Crippen molar-refractivity contribution in [3.05, 3.63) is 35.0 Å². The molecule has 8 nitrogen and oxygen atoms in total. The van der Waals surface area contributed by atoms with Crippen LogP contribution < -0.4 is 10.6 Å². The lowest BCUT2D eigenvalue weighted by Gasteiger charge is -2.12. The monoisotopic (exact) mass is 356 g/mol. The normalized spacial score (nSPS) is 10.8. The number of benzene rings is 1. The van der Waals surface area contributed by atoms with Crippen molar-refractivity contribution in [2.45, 2.75) is 0 Å². The zero-order valence-electron chi connectivity index (χ0n) is 13.3. The number of halogens is 1.